The maximum absolute atomic E-state index is 5.87. The number of methoxy groups -OCH3 is 1. The van der Waals surface area contributed by atoms with E-state index < -0.39 is 0 Å². The Morgan fingerprint density at radius 3 is 2.58 bits per heavy atom. The number of benzene rings is 2. The molecule has 0 spiro atoms. The summed E-state index contributed by atoms with van der Waals surface area (Å²) in [6.07, 6.45) is 3.18. The van der Waals surface area contributed by atoms with E-state index in [2.05, 4.69) is 0 Å². The highest BCUT2D eigenvalue weighted by Crippen LogP contribution is 2.29. The first-order chi connectivity index (χ1) is 11.8. The molecule has 128 valence electrons. The van der Waals surface area contributed by atoms with Crippen LogP contribution in [0.25, 0.3) is 0 Å². The van der Waals surface area contributed by atoms with E-state index in [-0.39, 0.29) is 6.29 Å². The second kappa shape index (κ2) is 8.71. The third-order valence-electron chi connectivity index (χ3n) is 4.04. The lowest BCUT2D eigenvalue weighted by Crippen LogP contribution is -2.22. The highest BCUT2D eigenvalue weighted by Gasteiger charge is 2.14. The van der Waals surface area contributed by atoms with E-state index in [1.807, 2.05) is 48.5 Å². The highest BCUT2D eigenvalue weighted by molar-refractivity contribution is 5.43. The van der Waals surface area contributed by atoms with Crippen LogP contribution in [-0.4, -0.2) is 20.0 Å². The molecular formula is C20H24O4. The Kier molecular flexibility index (Phi) is 6.10. The van der Waals surface area contributed by atoms with Crippen molar-refractivity contribution in [1.82, 2.24) is 0 Å². The zero-order chi connectivity index (χ0) is 16.6. The van der Waals surface area contributed by atoms with Crippen molar-refractivity contribution in [1.29, 1.82) is 0 Å². The molecule has 1 saturated heterocycles. The first-order valence-electron chi connectivity index (χ1n) is 8.42. The fourth-order valence-corrected chi connectivity index (χ4v) is 2.69. The number of rotatable bonds is 7. The van der Waals surface area contributed by atoms with Gasteiger partial charge >= 0.3 is 0 Å². The summed E-state index contributed by atoms with van der Waals surface area (Å²) in [6, 6.07) is 16.0. The van der Waals surface area contributed by atoms with Crippen molar-refractivity contribution in [3.8, 4) is 11.5 Å². The third kappa shape index (κ3) is 4.73. The van der Waals surface area contributed by atoms with Gasteiger partial charge in [-0.25, -0.2) is 0 Å². The van der Waals surface area contributed by atoms with Crippen LogP contribution in [0.5, 0.6) is 11.5 Å². The van der Waals surface area contributed by atoms with Crippen molar-refractivity contribution in [3.05, 3.63) is 59.7 Å². The van der Waals surface area contributed by atoms with Gasteiger partial charge in [-0.05, 0) is 42.5 Å². The third-order valence-corrected chi connectivity index (χ3v) is 4.04. The average molecular weight is 328 g/mol. The Morgan fingerprint density at radius 2 is 1.83 bits per heavy atom. The molecule has 1 fully saturated rings. The van der Waals surface area contributed by atoms with E-state index in [0.717, 1.165) is 42.1 Å². The van der Waals surface area contributed by atoms with Crippen LogP contribution in [0.2, 0.25) is 0 Å². The zero-order valence-electron chi connectivity index (χ0n) is 14.1. The quantitative estimate of drug-likeness (QED) is 0.758. The normalized spacial score (nSPS) is 17.5. The lowest BCUT2D eigenvalue weighted by atomic mass is 10.2. The van der Waals surface area contributed by atoms with E-state index in [9.17, 15) is 0 Å². The Morgan fingerprint density at radius 1 is 0.958 bits per heavy atom. The summed E-state index contributed by atoms with van der Waals surface area (Å²) in [4.78, 5) is 0. The highest BCUT2D eigenvalue weighted by atomic mass is 16.7. The second-order valence-electron chi connectivity index (χ2n) is 5.87. The molecule has 1 unspecified atom stereocenters. The van der Waals surface area contributed by atoms with Crippen LogP contribution in [0.4, 0.5) is 0 Å². The number of ether oxygens (including phenoxy) is 4. The fraction of sp³-hybridized carbons (Fsp3) is 0.400. The van der Waals surface area contributed by atoms with Gasteiger partial charge < -0.3 is 18.9 Å². The molecule has 2 aromatic rings. The van der Waals surface area contributed by atoms with Gasteiger partial charge in [-0.3, -0.25) is 0 Å². The molecule has 1 heterocycles. The number of hydrogen-bond acceptors (Lipinski definition) is 4. The summed E-state index contributed by atoms with van der Waals surface area (Å²) >= 11 is 0. The van der Waals surface area contributed by atoms with E-state index in [4.69, 9.17) is 18.9 Å². The Hall–Kier alpha value is -2.04. The summed E-state index contributed by atoms with van der Waals surface area (Å²) in [5, 5.41) is 0. The molecule has 2 aromatic carbocycles. The average Bonchev–Trinajstić information content (AvgIpc) is 2.66. The van der Waals surface area contributed by atoms with Crippen molar-refractivity contribution >= 4 is 0 Å². The van der Waals surface area contributed by atoms with Crippen LogP contribution in [0, 0.1) is 0 Å². The topological polar surface area (TPSA) is 36.9 Å². The first-order valence-corrected chi connectivity index (χ1v) is 8.42. The largest absolute Gasteiger partial charge is 0.493 e. The van der Waals surface area contributed by atoms with Gasteiger partial charge in [0.05, 0.1) is 13.7 Å². The number of hydrogen-bond donors (Lipinski definition) is 0. The Bertz CT molecular complexity index is 621. The molecule has 0 saturated carbocycles. The predicted molar refractivity (Wildman–Crippen MR) is 92.1 cm³/mol. The predicted octanol–water partition coefficient (Wildman–Crippen LogP) is 4.32. The van der Waals surface area contributed by atoms with Gasteiger partial charge in [0.1, 0.15) is 6.61 Å². The van der Waals surface area contributed by atoms with Crippen molar-refractivity contribution in [3.63, 3.8) is 0 Å². The van der Waals surface area contributed by atoms with Crippen molar-refractivity contribution in [2.24, 2.45) is 0 Å². The van der Waals surface area contributed by atoms with Gasteiger partial charge in [0.25, 0.3) is 0 Å². The minimum Gasteiger partial charge on any atom is -0.493 e. The van der Waals surface area contributed by atoms with Gasteiger partial charge in [0, 0.05) is 6.61 Å². The molecule has 0 radical (unpaired) electrons. The molecule has 1 aliphatic heterocycles. The van der Waals surface area contributed by atoms with Crippen LogP contribution in [0.3, 0.4) is 0 Å². The molecule has 0 aromatic heterocycles. The molecular weight excluding hydrogens is 304 g/mol. The molecule has 0 aliphatic carbocycles. The monoisotopic (exact) mass is 328 g/mol. The molecule has 1 atom stereocenters. The summed E-state index contributed by atoms with van der Waals surface area (Å²) in [6.45, 7) is 1.82. The van der Waals surface area contributed by atoms with E-state index in [1.165, 1.54) is 6.42 Å². The molecule has 3 rings (SSSR count). The van der Waals surface area contributed by atoms with Crippen LogP contribution >= 0.6 is 0 Å². The van der Waals surface area contributed by atoms with E-state index in [0.29, 0.717) is 13.2 Å². The van der Waals surface area contributed by atoms with Gasteiger partial charge in [0.15, 0.2) is 17.8 Å². The van der Waals surface area contributed by atoms with Crippen LogP contribution in [0.15, 0.2) is 48.5 Å². The fourth-order valence-electron chi connectivity index (χ4n) is 2.69. The van der Waals surface area contributed by atoms with E-state index in [1.54, 1.807) is 7.11 Å². The second-order valence-corrected chi connectivity index (χ2v) is 5.87. The van der Waals surface area contributed by atoms with Crippen molar-refractivity contribution in [2.45, 2.75) is 38.8 Å². The van der Waals surface area contributed by atoms with Gasteiger partial charge in [-0.15, -0.1) is 0 Å². The van der Waals surface area contributed by atoms with Crippen LogP contribution in [0.1, 0.15) is 30.4 Å². The molecule has 4 nitrogen and oxygen atoms in total. The Labute approximate surface area is 143 Å². The minimum atomic E-state index is -0.0845. The SMILES string of the molecule is COc1cc(COC2CCCCO2)ccc1OCc1ccccc1. The molecule has 4 heteroatoms. The molecule has 1 aliphatic rings. The maximum Gasteiger partial charge on any atom is 0.161 e. The van der Waals surface area contributed by atoms with Crippen molar-refractivity contribution < 1.29 is 18.9 Å². The van der Waals surface area contributed by atoms with Crippen LogP contribution in [-0.2, 0) is 22.7 Å². The minimum absolute atomic E-state index is 0.0845. The molecule has 0 bridgehead atoms. The van der Waals surface area contributed by atoms with Crippen molar-refractivity contribution in [2.75, 3.05) is 13.7 Å². The van der Waals surface area contributed by atoms with Gasteiger partial charge in [0.2, 0.25) is 0 Å². The summed E-state index contributed by atoms with van der Waals surface area (Å²) in [5.41, 5.74) is 2.18. The summed E-state index contributed by atoms with van der Waals surface area (Å²) in [7, 11) is 1.65. The van der Waals surface area contributed by atoms with E-state index >= 15 is 0 Å². The summed E-state index contributed by atoms with van der Waals surface area (Å²) in [5.74, 6) is 1.45. The standard InChI is InChI=1S/C20H24O4/c1-21-19-13-17(15-24-20-9-5-6-12-22-20)10-11-18(19)23-14-16-7-3-2-4-8-16/h2-4,7-8,10-11,13,20H,5-6,9,12,14-15H2,1H3. The lowest BCUT2D eigenvalue weighted by Gasteiger charge is -2.22. The molecule has 24 heavy (non-hydrogen) atoms. The Balaban J connectivity index is 1.57. The summed E-state index contributed by atoms with van der Waals surface area (Å²) < 4.78 is 22.7. The zero-order valence-corrected chi connectivity index (χ0v) is 14.1. The first kappa shape index (κ1) is 16.8. The lowest BCUT2D eigenvalue weighted by molar-refractivity contribution is -0.168. The smallest absolute Gasteiger partial charge is 0.161 e. The molecule has 0 N–H and O–H groups in total. The van der Waals surface area contributed by atoms with Crippen LogP contribution < -0.4 is 9.47 Å². The molecule has 0 amide bonds. The van der Waals surface area contributed by atoms with Gasteiger partial charge in [-0.1, -0.05) is 36.4 Å². The maximum atomic E-state index is 5.87. The van der Waals surface area contributed by atoms with Gasteiger partial charge in [-0.2, -0.15) is 0 Å².